The molecule has 0 unspecified atom stereocenters. The highest BCUT2D eigenvalue weighted by molar-refractivity contribution is 7.92. The molecule has 0 aromatic heterocycles. The van der Waals surface area contributed by atoms with Crippen LogP contribution < -0.4 is 14.4 Å². The second-order valence-electron chi connectivity index (χ2n) is 7.10. The van der Waals surface area contributed by atoms with Gasteiger partial charge in [0, 0.05) is 5.56 Å². The van der Waals surface area contributed by atoms with Crippen molar-refractivity contribution < 1.29 is 31.1 Å². The first kappa shape index (κ1) is 24.1. The van der Waals surface area contributed by atoms with Gasteiger partial charge in [-0.3, -0.25) is 9.10 Å². The fraction of sp³-hybridized carbons (Fsp3) is 0.174. The summed E-state index contributed by atoms with van der Waals surface area (Å²) in [6.07, 6.45) is 0.856. The van der Waals surface area contributed by atoms with Crippen LogP contribution in [0.5, 0.6) is 5.75 Å². The molecular formula is C23H21F3N2O4S. The zero-order valence-corrected chi connectivity index (χ0v) is 18.4. The quantitative estimate of drug-likeness (QED) is 0.474. The van der Waals surface area contributed by atoms with Crippen molar-refractivity contribution in [2.24, 2.45) is 0 Å². The number of carbonyl (C=O) groups is 1. The SMILES string of the molecule is CS(=O)(=O)N(Cc1ccc(C(=O)NCCOc2ccc(F)cc2)cc1)c1c(F)cccc1F. The molecule has 0 spiro atoms. The molecule has 10 heteroatoms. The molecule has 3 aromatic carbocycles. The summed E-state index contributed by atoms with van der Waals surface area (Å²) in [7, 11) is -3.99. The standard InChI is InChI=1S/C23H21F3N2O4S/c1-33(30,31)28(22-20(25)3-2-4-21(22)26)15-16-5-7-17(8-6-16)23(29)27-13-14-32-19-11-9-18(24)10-12-19/h2-12H,13-15H2,1H3,(H,27,29). The fourth-order valence-electron chi connectivity index (χ4n) is 2.98. The summed E-state index contributed by atoms with van der Waals surface area (Å²) in [5.41, 5.74) is 0.0748. The molecule has 0 radical (unpaired) electrons. The molecule has 33 heavy (non-hydrogen) atoms. The third-order valence-electron chi connectivity index (χ3n) is 4.60. The zero-order chi connectivity index (χ0) is 24.0. The number of benzene rings is 3. The van der Waals surface area contributed by atoms with E-state index in [-0.39, 0.29) is 31.4 Å². The lowest BCUT2D eigenvalue weighted by molar-refractivity contribution is 0.0947. The van der Waals surface area contributed by atoms with Crippen molar-refractivity contribution in [3.63, 3.8) is 0 Å². The molecule has 6 nitrogen and oxygen atoms in total. The van der Waals surface area contributed by atoms with E-state index >= 15 is 0 Å². The molecule has 0 aliphatic heterocycles. The minimum absolute atomic E-state index is 0.174. The van der Waals surface area contributed by atoms with Gasteiger partial charge >= 0.3 is 0 Å². The van der Waals surface area contributed by atoms with Crippen LogP contribution in [0.15, 0.2) is 66.7 Å². The van der Waals surface area contributed by atoms with Gasteiger partial charge in [0.15, 0.2) is 11.6 Å². The van der Waals surface area contributed by atoms with E-state index in [1.807, 2.05) is 0 Å². The number of para-hydroxylation sites is 1. The summed E-state index contributed by atoms with van der Waals surface area (Å²) < 4.78 is 71.6. The molecule has 0 fully saturated rings. The number of amides is 1. The van der Waals surface area contributed by atoms with Crippen LogP contribution in [0, 0.1) is 17.5 Å². The molecule has 0 bridgehead atoms. The highest BCUT2D eigenvalue weighted by Crippen LogP contribution is 2.27. The van der Waals surface area contributed by atoms with E-state index in [0.29, 0.717) is 21.2 Å². The first-order valence-electron chi connectivity index (χ1n) is 9.82. The predicted octanol–water partition coefficient (Wildman–Crippen LogP) is 3.88. The van der Waals surface area contributed by atoms with Crippen LogP contribution in [-0.2, 0) is 16.6 Å². The lowest BCUT2D eigenvalue weighted by Crippen LogP contribution is -2.31. The van der Waals surface area contributed by atoms with Gasteiger partial charge in [-0.1, -0.05) is 18.2 Å². The van der Waals surface area contributed by atoms with Crippen LogP contribution in [0.1, 0.15) is 15.9 Å². The van der Waals surface area contributed by atoms with Gasteiger partial charge in [-0.05, 0) is 54.1 Å². The minimum Gasteiger partial charge on any atom is -0.492 e. The van der Waals surface area contributed by atoms with E-state index in [9.17, 15) is 26.4 Å². The summed E-state index contributed by atoms with van der Waals surface area (Å²) in [4.78, 5) is 12.3. The van der Waals surface area contributed by atoms with Crippen molar-refractivity contribution in [2.75, 3.05) is 23.7 Å². The van der Waals surface area contributed by atoms with Crippen LogP contribution in [0.25, 0.3) is 0 Å². The zero-order valence-electron chi connectivity index (χ0n) is 17.6. The molecule has 1 N–H and O–H groups in total. The van der Waals surface area contributed by atoms with E-state index in [1.165, 1.54) is 48.5 Å². The molecule has 3 rings (SSSR count). The number of rotatable bonds is 9. The molecule has 1 amide bonds. The van der Waals surface area contributed by atoms with Crippen LogP contribution in [-0.4, -0.2) is 33.7 Å². The summed E-state index contributed by atoms with van der Waals surface area (Å²) in [5, 5.41) is 2.66. The molecule has 0 heterocycles. The Kier molecular flexibility index (Phi) is 7.59. The van der Waals surface area contributed by atoms with Crippen LogP contribution >= 0.6 is 0 Å². The normalized spacial score (nSPS) is 11.2. The number of halogens is 3. The van der Waals surface area contributed by atoms with Crippen molar-refractivity contribution in [2.45, 2.75) is 6.54 Å². The highest BCUT2D eigenvalue weighted by Gasteiger charge is 2.24. The lowest BCUT2D eigenvalue weighted by atomic mass is 10.1. The maximum atomic E-state index is 14.2. The molecule has 0 aliphatic carbocycles. The van der Waals surface area contributed by atoms with E-state index in [0.717, 1.165) is 24.5 Å². The Morgan fingerprint density at radius 3 is 2.12 bits per heavy atom. The average molecular weight is 478 g/mol. The van der Waals surface area contributed by atoms with E-state index in [2.05, 4.69) is 5.32 Å². The van der Waals surface area contributed by atoms with Gasteiger partial charge < -0.3 is 10.1 Å². The Morgan fingerprint density at radius 2 is 1.55 bits per heavy atom. The van der Waals surface area contributed by atoms with Gasteiger partial charge in [0.25, 0.3) is 5.91 Å². The van der Waals surface area contributed by atoms with Gasteiger partial charge in [-0.25, -0.2) is 21.6 Å². The molecule has 0 atom stereocenters. The topological polar surface area (TPSA) is 75.7 Å². The fourth-order valence-corrected chi connectivity index (χ4v) is 3.87. The van der Waals surface area contributed by atoms with Gasteiger partial charge in [0.2, 0.25) is 10.0 Å². The van der Waals surface area contributed by atoms with Gasteiger partial charge in [0.1, 0.15) is 23.9 Å². The number of nitrogens with one attached hydrogen (secondary N) is 1. The summed E-state index contributed by atoms with van der Waals surface area (Å²) in [6, 6.07) is 14.5. The molecule has 0 saturated carbocycles. The Bertz CT molecular complexity index is 1200. The van der Waals surface area contributed by atoms with Crippen LogP contribution in [0.3, 0.4) is 0 Å². The minimum atomic E-state index is -3.99. The number of anilines is 1. The largest absolute Gasteiger partial charge is 0.492 e. The van der Waals surface area contributed by atoms with Crippen molar-refractivity contribution in [3.05, 3.63) is 95.3 Å². The van der Waals surface area contributed by atoms with Gasteiger partial charge in [-0.15, -0.1) is 0 Å². The van der Waals surface area contributed by atoms with Crippen LogP contribution in [0.4, 0.5) is 18.9 Å². The van der Waals surface area contributed by atoms with Crippen molar-refractivity contribution in [1.82, 2.24) is 5.32 Å². The number of hydrogen-bond donors (Lipinski definition) is 1. The Labute approximate surface area is 189 Å². The molecule has 3 aromatic rings. The van der Waals surface area contributed by atoms with E-state index in [1.54, 1.807) is 0 Å². The molecule has 174 valence electrons. The smallest absolute Gasteiger partial charge is 0.251 e. The number of hydrogen-bond acceptors (Lipinski definition) is 4. The van der Waals surface area contributed by atoms with Gasteiger partial charge in [0.05, 0.1) is 19.3 Å². The monoisotopic (exact) mass is 478 g/mol. The average Bonchev–Trinajstić information content (AvgIpc) is 2.77. The molecular weight excluding hydrogens is 457 g/mol. The van der Waals surface area contributed by atoms with Crippen molar-refractivity contribution in [3.8, 4) is 5.75 Å². The number of carbonyl (C=O) groups excluding carboxylic acids is 1. The van der Waals surface area contributed by atoms with Crippen LogP contribution in [0.2, 0.25) is 0 Å². The Balaban J connectivity index is 1.61. The summed E-state index contributed by atoms with van der Waals surface area (Å²) in [6.45, 7) is 0.0590. The molecule has 0 saturated heterocycles. The van der Waals surface area contributed by atoms with E-state index in [4.69, 9.17) is 4.74 Å². The summed E-state index contributed by atoms with van der Waals surface area (Å²) in [5.74, 6) is -2.29. The second-order valence-corrected chi connectivity index (χ2v) is 9.00. The number of sulfonamides is 1. The number of nitrogens with zero attached hydrogens (tertiary/aromatic N) is 1. The maximum Gasteiger partial charge on any atom is 0.251 e. The predicted molar refractivity (Wildman–Crippen MR) is 118 cm³/mol. The maximum absolute atomic E-state index is 14.2. The third kappa shape index (κ3) is 6.48. The van der Waals surface area contributed by atoms with Crippen molar-refractivity contribution in [1.29, 1.82) is 0 Å². The second kappa shape index (κ2) is 10.4. The highest BCUT2D eigenvalue weighted by atomic mass is 32.2. The van der Waals surface area contributed by atoms with Crippen molar-refractivity contribution >= 4 is 21.6 Å². The first-order chi connectivity index (χ1) is 15.6. The summed E-state index contributed by atoms with van der Waals surface area (Å²) >= 11 is 0. The lowest BCUT2D eigenvalue weighted by Gasteiger charge is -2.23. The van der Waals surface area contributed by atoms with Gasteiger partial charge in [-0.2, -0.15) is 0 Å². The third-order valence-corrected chi connectivity index (χ3v) is 5.71. The Hall–Kier alpha value is -3.53. The first-order valence-corrected chi connectivity index (χ1v) is 11.7. The van der Waals surface area contributed by atoms with E-state index < -0.39 is 27.3 Å². The molecule has 0 aliphatic rings. The number of ether oxygens (including phenoxy) is 1. The Morgan fingerprint density at radius 1 is 0.939 bits per heavy atom.